The largest absolute Gasteiger partial charge is 0.400 e. The number of anilines is 1. The van der Waals surface area contributed by atoms with E-state index < -0.39 is 6.04 Å². The molecule has 1 aliphatic heterocycles. The topological polar surface area (TPSA) is 99.5 Å². The van der Waals surface area contributed by atoms with Gasteiger partial charge in [-0.1, -0.05) is 63.2 Å². The number of nitrogens with two attached hydrogens (primary N) is 1. The smallest absolute Gasteiger partial charge is 0.248 e. The van der Waals surface area contributed by atoms with Crippen LogP contribution in [0.1, 0.15) is 56.3 Å². The first-order chi connectivity index (χ1) is 19.7. The fourth-order valence-electron chi connectivity index (χ4n) is 4.77. The third-order valence-electron chi connectivity index (χ3n) is 7.33. The summed E-state index contributed by atoms with van der Waals surface area (Å²) in [6.45, 7) is 10.3. The number of nitrogens with zero attached hydrogens (tertiary/aromatic N) is 1. The summed E-state index contributed by atoms with van der Waals surface area (Å²) < 4.78 is 0. The van der Waals surface area contributed by atoms with E-state index in [4.69, 9.17) is 5.73 Å². The highest BCUT2D eigenvalue weighted by Gasteiger charge is 2.22. The molecule has 7 nitrogen and oxygen atoms in total. The molecule has 0 radical (unpaired) electrons. The van der Waals surface area contributed by atoms with Crippen LogP contribution in [-0.2, 0) is 15.0 Å². The predicted molar refractivity (Wildman–Crippen MR) is 171 cm³/mol. The molecular formula is C33H43N5O2S. The highest BCUT2D eigenvalue weighted by atomic mass is 32.2. The van der Waals surface area contributed by atoms with Crippen molar-refractivity contribution in [2.45, 2.75) is 45.1 Å². The van der Waals surface area contributed by atoms with Gasteiger partial charge in [-0.2, -0.15) is 11.8 Å². The second-order valence-electron chi connectivity index (χ2n) is 11.5. The molecule has 4 rings (SSSR count). The quantitative estimate of drug-likeness (QED) is 0.300. The number of rotatable bonds is 10. The molecule has 1 atom stereocenters. The number of carbonyl (C=O) groups is 2. The monoisotopic (exact) mass is 573 g/mol. The number of carbonyl (C=O) groups excluding carboxylic acids is 2. The molecule has 1 heterocycles. The van der Waals surface area contributed by atoms with E-state index in [1.165, 1.54) is 11.6 Å². The summed E-state index contributed by atoms with van der Waals surface area (Å²) in [6, 6.07) is 15.3. The summed E-state index contributed by atoms with van der Waals surface area (Å²) in [6.07, 6.45) is 8.75. The lowest BCUT2D eigenvalue weighted by Gasteiger charge is -2.27. The van der Waals surface area contributed by atoms with Crippen molar-refractivity contribution in [3.05, 3.63) is 94.8 Å². The number of benzene rings is 2. The molecule has 2 amide bonds. The fraction of sp³-hybridized carbons (Fsp3) is 0.394. The number of thioether (sulfide) groups is 1. The van der Waals surface area contributed by atoms with Crippen molar-refractivity contribution >= 4 is 35.3 Å². The fourth-order valence-corrected chi connectivity index (χ4v) is 5.75. The highest BCUT2D eigenvalue weighted by molar-refractivity contribution is 7.99. The molecule has 0 aromatic heterocycles. The van der Waals surface area contributed by atoms with Gasteiger partial charge in [-0.3, -0.25) is 9.59 Å². The van der Waals surface area contributed by atoms with E-state index in [1.807, 2.05) is 60.3 Å². The SMILES string of the molecule is CC(C)(C)c1ccc(NC(=O)C(NCCN2CCSCC2)c2ccc(/C=C/C(=O)NC3=C(N)CCC=C3)cc2)cc1. The van der Waals surface area contributed by atoms with Crippen molar-refractivity contribution in [2.24, 2.45) is 5.73 Å². The minimum atomic E-state index is -0.509. The van der Waals surface area contributed by atoms with Crippen LogP contribution in [0, 0.1) is 0 Å². The van der Waals surface area contributed by atoms with Gasteiger partial charge in [0.1, 0.15) is 6.04 Å². The molecule has 1 saturated heterocycles. The Labute approximate surface area is 248 Å². The van der Waals surface area contributed by atoms with E-state index in [2.05, 4.69) is 53.8 Å². The standard InChI is InChI=1S/C33H43N5O2S/c1-33(2,3)26-13-15-27(16-14-26)36-32(40)31(35-18-19-38-20-22-41-23-21-38)25-11-8-24(9-12-25)10-17-30(39)37-29-7-5-4-6-28(29)34/h5,7-17,31,35H,4,6,18-23,34H2,1-3H3,(H,36,40)(H,37,39)/b17-10+. The maximum Gasteiger partial charge on any atom is 0.248 e. The van der Waals surface area contributed by atoms with E-state index in [0.717, 1.165) is 60.8 Å². The molecule has 2 aromatic carbocycles. The number of allylic oxidation sites excluding steroid dienone is 3. The summed E-state index contributed by atoms with van der Waals surface area (Å²) >= 11 is 1.99. The Morgan fingerprint density at radius 1 is 1.02 bits per heavy atom. The average Bonchev–Trinajstić information content (AvgIpc) is 2.96. The van der Waals surface area contributed by atoms with Gasteiger partial charge < -0.3 is 26.6 Å². The Morgan fingerprint density at radius 3 is 2.39 bits per heavy atom. The third kappa shape index (κ3) is 9.35. The van der Waals surface area contributed by atoms with E-state index in [-0.39, 0.29) is 17.2 Å². The van der Waals surface area contributed by atoms with Crippen LogP contribution in [-0.4, -0.2) is 54.4 Å². The van der Waals surface area contributed by atoms with Gasteiger partial charge in [-0.05, 0) is 59.2 Å². The summed E-state index contributed by atoms with van der Waals surface area (Å²) in [5.41, 5.74) is 11.1. The van der Waals surface area contributed by atoms with E-state index in [9.17, 15) is 9.59 Å². The summed E-state index contributed by atoms with van der Waals surface area (Å²) in [7, 11) is 0. The molecule has 2 aliphatic rings. The van der Waals surface area contributed by atoms with Gasteiger partial charge in [0.15, 0.2) is 0 Å². The number of hydrogen-bond acceptors (Lipinski definition) is 6. The number of hydrogen-bond donors (Lipinski definition) is 4. The van der Waals surface area contributed by atoms with Gasteiger partial charge in [-0.25, -0.2) is 0 Å². The summed E-state index contributed by atoms with van der Waals surface area (Å²) in [4.78, 5) is 28.4. The number of nitrogens with one attached hydrogen (secondary N) is 3. The molecule has 0 bridgehead atoms. The van der Waals surface area contributed by atoms with Crippen LogP contribution in [0.15, 0.2) is 78.2 Å². The van der Waals surface area contributed by atoms with Crippen LogP contribution in [0.5, 0.6) is 0 Å². The molecule has 1 aliphatic carbocycles. The number of amides is 2. The Kier molecular flexibility index (Phi) is 10.9. The first-order valence-electron chi connectivity index (χ1n) is 14.4. The normalized spacial score (nSPS) is 17.0. The van der Waals surface area contributed by atoms with Crippen LogP contribution >= 0.6 is 11.8 Å². The second kappa shape index (κ2) is 14.5. The van der Waals surface area contributed by atoms with Crippen LogP contribution in [0.4, 0.5) is 5.69 Å². The van der Waals surface area contributed by atoms with Gasteiger partial charge in [0.25, 0.3) is 0 Å². The van der Waals surface area contributed by atoms with Gasteiger partial charge in [0, 0.05) is 55.1 Å². The van der Waals surface area contributed by atoms with E-state index in [0.29, 0.717) is 17.9 Å². The zero-order valence-corrected chi connectivity index (χ0v) is 25.2. The molecule has 218 valence electrons. The molecule has 41 heavy (non-hydrogen) atoms. The second-order valence-corrected chi connectivity index (χ2v) is 12.8. The van der Waals surface area contributed by atoms with Crippen molar-refractivity contribution in [3.8, 4) is 0 Å². The molecular weight excluding hydrogens is 530 g/mol. The molecule has 2 aromatic rings. The van der Waals surface area contributed by atoms with Gasteiger partial charge in [0.2, 0.25) is 11.8 Å². The van der Waals surface area contributed by atoms with Crippen molar-refractivity contribution in [3.63, 3.8) is 0 Å². The zero-order valence-electron chi connectivity index (χ0n) is 24.4. The first-order valence-corrected chi connectivity index (χ1v) is 15.5. The minimum Gasteiger partial charge on any atom is -0.400 e. The highest BCUT2D eigenvalue weighted by Crippen LogP contribution is 2.24. The Balaban J connectivity index is 1.42. The van der Waals surface area contributed by atoms with Crippen molar-refractivity contribution in [1.82, 2.24) is 15.5 Å². The lowest BCUT2D eigenvalue weighted by molar-refractivity contribution is -0.118. The van der Waals surface area contributed by atoms with Crippen LogP contribution in [0.3, 0.4) is 0 Å². The maximum absolute atomic E-state index is 13.5. The Bertz CT molecular complexity index is 1270. The lowest BCUT2D eigenvalue weighted by atomic mass is 9.87. The van der Waals surface area contributed by atoms with E-state index >= 15 is 0 Å². The first kappa shape index (κ1) is 30.6. The zero-order chi connectivity index (χ0) is 29.2. The maximum atomic E-state index is 13.5. The average molecular weight is 574 g/mol. The third-order valence-corrected chi connectivity index (χ3v) is 8.27. The van der Waals surface area contributed by atoms with Gasteiger partial charge >= 0.3 is 0 Å². The van der Waals surface area contributed by atoms with Crippen LogP contribution < -0.4 is 21.7 Å². The molecule has 0 spiro atoms. The molecule has 1 fully saturated rings. The van der Waals surface area contributed by atoms with E-state index in [1.54, 1.807) is 6.08 Å². The summed E-state index contributed by atoms with van der Waals surface area (Å²) in [5.74, 6) is 1.98. The predicted octanol–water partition coefficient (Wildman–Crippen LogP) is 4.95. The molecule has 8 heteroatoms. The lowest BCUT2D eigenvalue weighted by Crippen LogP contribution is -2.41. The van der Waals surface area contributed by atoms with Crippen molar-refractivity contribution < 1.29 is 9.59 Å². The van der Waals surface area contributed by atoms with Crippen LogP contribution in [0.2, 0.25) is 0 Å². The van der Waals surface area contributed by atoms with Crippen LogP contribution in [0.25, 0.3) is 6.08 Å². The Morgan fingerprint density at radius 2 is 1.73 bits per heavy atom. The van der Waals surface area contributed by atoms with Gasteiger partial charge in [0.05, 0.1) is 5.70 Å². The molecule has 0 saturated carbocycles. The van der Waals surface area contributed by atoms with Crippen molar-refractivity contribution in [1.29, 1.82) is 0 Å². The Hall–Kier alpha value is -3.33. The van der Waals surface area contributed by atoms with Crippen molar-refractivity contribution in [2.75, 3.05) is 43.0 Å². The summed E-state index contributed by atoms with van der Waals surface area (Å²) in [5, 5.41) is 9.43. The van der Waals surface area contributed by atoms with Gasteiger partial charge in [-0.15, -0.1) is 0 Å². The molecule has 1 unspecified atom stereocenters. The minimum absolute atomic E-state index is 0.0496. The molecule has 5 N–H and O–H groups in total.